The van der Waals surface area contributed by atoms with E-state index in [9.17, 15) is 10.2 Å². The Kier molecular flexibility index (Phi) is 4.84. The van der Waals surface area contributed by atoms with Gasteiger partial charge in [-0.3, -0.25) is 0 Å². The Morgan fingerprint density at radius 3 is 1.50 bits per heavy atom. The van der Waals surface area contributed by atoms with Gasteiger partial charge >= 0.3 is 0 Å². The lowest BCUT2D eigenvalue weighted by atomic mass is 9.65. The minimum absolute atomic E-state index is 0.0179. The van der Waals surface area contributed by atoms with Crippen molar-refractivity contribution in [3.63, 3.8) is 0 Å². The van der Waals surface area contributed by atoms with Crippen LogP contribution in [-0.2, 0) is 5.41 Å². The highest BCUT2D eigenvalue weighted by Crippen LogP contribution is 2.46. The third-order valence-corrected chi connectivity index (χ3v) is 5.66. The van der Waals surface area contributed by atoms with Crippen LogP contribution in [0.15, 0.2) is 36.4 Å². The number of phenols is 2. The molecule has 0 radical (unpaired) electrons. The molecule has 0 atom stereocenters. The van der Waals surface area contributed by atoms with Gasteiger partial charge in [-0.05, 0) is 73.2 Å². The highest BCUT2D eigenvalue weighted by atomic mass is 16.3. The third-order valence-electron chi connectivity index (χ3n) is 5.66. The molecule has 0 aromatic heterocycles. The summed E-state index contributed by atoms with van der Waals surface area (Å²) < 4.78 is 0. The van der Waals surface area contributed by atoms with Crippen LogP contribution in [0.1, 0.15) is 67.2 Å². The molecule has 0 saturated heterocycles. The van der Waals surface area contributed by atoms with Crippen LogP contribution in [-0.4, -0.2) is 10.2 Å². The fourth-order valence-electron chi connectivity index (χ4n) is 4.56. The monoisotopic (exact) mass is 324 g/mol. The van der Waals surface area contributed by atoms with Gasteiger partial charge in [0.1, 0.15) is 11.5 Å². The summed E-state index contributed by atoms with van der Waals surface area (Å²) in [4.78, 5) is 0. The second kappa shape index (κ2) is 6.88. The molecule has 0 unspecified atom stereocenters. The molecule has 0 spiro atoms. The largest absolute Gasteiger partial charge is 0.508 e. The topological polar surface area (TPSA) is 40.5 Å². The molecule has 0 heterocycles. The first kappa shape index (κ1) is 16.9. The Bertz CT molecular complexity index is 656. The maximum atomic E-state index is 9.85. The van der Waals surface area contributed by atoms with Crippen LogP contribution in [0.25, 0.3) is 0 Å². The van der Waals surface area contributed by atoms with Crippen molar-refractivity contribution in [2.75, 3.05) is 0 Å². The van der Waals surface area contributed by atoms with Gasteiger partial charge in [0, 0.05) is 5.41 Å². The summed E-state index contributed by atoms with van der Waals surface area (Å²) in [5.41, 5.74) is 4.95. The van der Waals surface area contributed by atoms with Gasteiger partial charge in [-0.2, -0.15) is 0 Å². The van der Waals surface area contributed by atoms with Gasteiger partial charge in [-0.25, -0.2) is 0 Å². The summed E-state index contributed by atoms with van der Waals surface area (Å²) in [6.07, 6.45) is 8.61. The van der Waals surface area contributed by atoms with Crippen LogP contribution < -0.4 is 0 Å². The van der Waals surface area contributed by atoms with E-state index in [0.29, 0.717) is 11.5 Å². The molecule has 24 heavy (non-hydrogen) atoms. The Balaban J connectivity index is 2.19. The molecular formula is C22H28O2. The van der Waals surface area contributed by atoms with Crippen molar-refractivity contribution in [2.45, 2.75) is 64.2 Å². The number of benzene rings is 2. The highest BCUT2D eigenvalue weighted by molar-refractivity contribution is 5.49. The Morgan fingerprint density at radius 2 is 1.08 bits per heavy atom. The molecule has 3 rings (SSSR count). The minimum atomic E-state index is -0.0179. The molecule has 2 aromatic carbocycles. The minimum Gasteiger partial charge on any atom is -0.508 e. The second-order valence-corrected chi connectivity index (χ2v) is 7.35. The standard InChI is InChI=1S/C22H28O2/c1-16-14-18(23)8-10-20(16)22(12-6-4-3-5-7-13-22)21-11-9-19(24)15-17(21)2/h8-11,14-15,23-24H,3-7,12-13H2,1-2H3. The van der Waals surface area contributed by atoms with Crippen LogP contribution in [0, 0.1) is 13.8 Å². The van der Waals surface area contributed by atoms with Crippen molar-refractivity contribution in [2.24, 2.45) is 0 Å². The van der Waals surface area contributed by atoms with Gasteiger partial charge in [0.2, 0.25) is 0 Å². The van der Waals surface area contributed by atoms with E-state index in [0.717, 1.165) is 24.0 Å². The van der Waals surface area contributed by atoms with Crippen molar-refractivity contribution in [1.82, 2.24) is 0 Å². The molecular weight excluding hydrogens is 296 g/mol. The molecule has 128 valence electrons. The first-order chi connectivity index (χ1) is 11.5. The number of phenolic OH excluding ortho intramolecular Hbond substituents is 2. The van der Waals surface area contributed by atoms with E-state index < -0.39 is 0 Å². The zero-order valence-corrected chi connectivity index (χ0v) is 14.8. The molecule has 1 aliphatic carbocycles. The van der Waals surface area contributed by atoms with E-state index in [1.54, 1.807) is 0 Å². The summed E-state index contributed by atoms with van der Waals surface area (Å²) in [6.45, 7) is 4.20. The number of hydrogen-bond acceptors (Lipinski definition) is 2. The van der Waals surface area contributed by atoms with Gasteiger partial charge in [0.05, 0.1) is 0 Å². The molecule has 0 aliphatic heterocycles. The third kappa shape index (κ3) is 3.15. The van der Waals surface area contributed by atoms with E-state index in [-0.39, 0.29) is 5.41 Å². The number of rotatable bonds is 2. The van der Waals surface area contributed by atoms with Crippen LogP contribution in [0.2, 0.25) is 0 Å². The number of aromatic hydroxyl groups is 2. The van der Waals surface area contributed by atoms with Crippen LogP contribution in [0.4, 0.5) is 0 Å². The van der Waals surface area contributed by atoms with Crippen molar-refractivity contribution in [3.05, 3.63) is 58.7 Å². The Morgan fingerprint density at radius 1 is 0.667 bits per heavy atom. The van der Waals surface area contributed by atoms with Crippen LogP contribution >= 0.6 is 0 Å². The quantitative estimate of drug-likeness (QED) is 0.739. The Hall–Kier alpha value is -1.96. The second-order valence-electron chi connectivity index (χ2n) is 7.35. The van der Waals surface area contributed by atoms with Crippen LogP contribution in [0.5, 0.6) is 11.5 Å². The zero-order valence-electron chi connectivity index (χ0n) is 14.8. The van der Waals surface area contributed by atoms with E-state index >= 15 is 0 Å². The van der Waals surface area contributed by atoms with E-state index in [4.69, 9.17) is 0 Å². The molecule has 2 aromatic rings. The predicted molar refractivity (Wildman–Crippen MR) is 98.8 cm³/mol. The van der Waals surface area contributed by atoms with Crippen molar-refractivity contribution in [3.8, 4) is 11.5 Å². The SMILES string of the molecule is Cc1cc(O)ccc1C1(c2ccc(O)cc2C)CCCCCCC1. The molecule has 1 aliphatic rings. The summed E-state index contributed by atoms with van der Waals surface area (Å²) in [5, 5.41) is 19.7. The van der Waals surface area contributed by atoms with Crippen LogP contribution in [0.3, 0.4) is 0 Å². The number of aryl methyl sites for hydroxylation is 2. The van der Waals surface area contributed by atoms with E-state index in [2.05, 4.69) is 26.0 Å². The first-order valence-electron chi connectivity index (χ1n) is 9.13. The van der Waals surface area contributed by atoms with Crippen molar-refractivity contribution < 1.29 is 10.2 Å². The lowest BCUT2D eigenvalue weighted by molar-refractivity contribution is 0.363. The predicted octanol–water partition coefficient (Wildman–Crippen LogP) is 5.75. The van der Waals surface area contributed by atoms with Crippen molar-refractivity contribution in [1.29, 1.82) is 0 Å². The summed E-state index contributed by atoms with van der Waals surface area (Å²) in [6, 6.07) is 11.6. The van der Waals surface area contributed by atoms with Gasteiger partial charge in [0.25, 0.3) is 0 Å². The summed E-state index contributed by atoms with van der Waals surface area (Å²) >= 11 is 0. The van der Waals surface area contributed by atoms with Gasteiger partial charge in [-0.15, -0.1) is 0 Å². The summed E-state index contributed by atoms with van der Waals surface area (Å²) in [7, 11) is 0. The maximum absolute atomic E-state index is 9.85. The first-order valence-corrected chi connectivity index (χ1v) is 9.13. The fourth-order valence-corrected chi connectivity index (χ4v) is 4.56. The average Bonchev–Trinajstić information content (AvgIpc) is 2.49. The zero-order chi connectivity index (χ0) is 17.2. The number of hydrogen-bond donors (Lipinski definition) is 2. The smallest absolute Gasteiger partial charge is 0.115 e. The molecule has 2 heteroatoms. The van der Waals surface area contributed by atoms with Gasteiger partial charge in [0.15, 0.2) is 0 Å². The van der Waals surface area contributed by atoms with Crippen molar-refractivity contribution >= 4 is 0 Å². The molecule has 0 bridgehead atoms. The van der Waals surface area contributed by atoms with E-state index in [1.165, 1.54) is 43.2 Å². The molecule has 1 fully saturated rings. The fraction of sp³-hybridized carbons (Fsp3) is 0.455. The summed E-state index contributed by atoms with van der Waals surface area (Å²) in [5.74, 6) is 0.666. The lowest BCUT2D eigenvalue weighted by Gasteiger charge is -2.39. The normalized spacial score (nSPS) is 17.9. The van der Waals surface area contributed by atoms with E-state index in [1.807, 2.05) is 24.3 Å². The Labute approximate surface area is 145 Å². The maximum Gasteiger partial charge on any atom is 0.115 e. The molecule has 1 saturated carbocycles. The molecule has 2 nitrogen and oxygen atoms in total. The average molecular weight is 324 g/mol. The van der Waals surface area contributed by atoms with Gasteiger partial charge < -0.3 is 10.2 Å². The highest BCUT2D eigenvalue weighted by Gasteiger charge is 2.36. The molecule has 2 N–H and O–H groups in total. The van der Waals surface area contributed by atoms with Gasteiger partial charge in [-0.1, -0.05) is 44.2 Å². The lowest BCUT2D eigenvalue weighted by Crippen LogP contribution is -2.30. The molecule has 0 amide bonds.